The minimum atomic E-state index is 0.674. The molecule has 0 rings (SSSR count). The summed E-state index contributed by atoms with van der Waals surface area (Å²) >= 11 is 0. The number of hydrogen-bond donors (Lipinski definition) is 1. The van der Waals surface area contributed by atoms with Gasteiger partial charge in [-0.1, -0.05) is 33.3 Å². The normalized spacial score (nSPS) is 13.1. The van der Waals surface area contributed by atoms with E-state index in [9.17, 15) is 0 Å². The van der Waals surface area contributed by atoms with Crippen molar-refractivity contribution < 1.29 is 0 Å². The van der Waals surface area contributed by atoms with Crippen molar-refractivity contribution in [1.82, 2.24) is 10.2 Å². The smallest absolute Gasteiger partial charge is 0.0223 e. The van der Waals surface area contributed by atoms with E-state index in [-0.39, 0.29) is 0 Å². The zero-order valence-electron chi connectivity index (χ0n) is 10.8. The predicted octanol–water partition coefficient (Wildman–Crippen LogP) is 2.66. The monoisotopic (exact) mass is 212 g/mol. The first-order valence-corrected chi connectivity index (χ1v) is 6.35. The van der Waals surface area contributed by atoms with Crippen LogP contribution in [0.15, 0.2) is 12.7 Å². The van der Waals surface area contributed by atoms with E-state index in [4.69, 9.17) is 0 Å². The Bertz CT molecular complexity index is 145. The highest BCUT2D eigenvalue weighted by Gasteiger charge is 2.14. The van der Waals surface area contributed by atoms with Gasteiger partial charge in [-0.3, -0.25) is 4.90 Å². The fourth-order valence-corrected chi connectivity index (χ4v) is 1.93. The first kappa shape index (κ1) is 14.7. The third-order valence-corrected chi connectivity index (χ3v) is 2.64. The Labute approximate surface area is 95.7 Å². The molecule has 0 aromatic carbocycles. The van der Waals surface area contributed by atoms with Crippen LogP contribution in [0.25, 0.3) is 0 Å². The van der Waals surface area contributed by atoms with Gasteiger partial charge in [-0.05, 0) is 25.9 Å². The number of hydrogen-bond acceptors (Lipinski definition) is 2. The second kappa shape index (κ2) is 10.2. The summed E-state index contributed by atoms with van der Waals surface area (Å²) in [6, 6.07) is 0.674. The van der Waals surface area contributed by atoms with Crippen molar-refractivity contribution in [1.29, 1.82) is 0 Å². The minimum absolute atomic E-state index is 0.674. The van der Waals surface area contributed by atoms with Crippen molar-refractivity contribution in [2.24, 2.45) is 0 Å². The van der Waals surface area contributed by atoms with Gasteiger partial charge < -0.3 is 5.32 Å². The molecule has 0 radical (unpaired) electrons. The summed E-state index contributed by atoms with van der Waals surface area (Å²) in [5.74, 6) is 0. The van der Waals surface area contributed by atoms with E-state index in [2.05, 4.69) is 37.6 Å². The van der Waals surface area contributed by atoms with Gasteiger partial charge in [-0.15, -0.1) is 6.58 Å². The van der Waals surface area contributed by atoms with Gasteiger partial charge in [0, 0.05) is 19.1 Å². The van der Waals surface area contributed by atoms with E-state index in [1.807, 2.05) is 6.08 Å². The van der Waals surface area contributed by atoms with E-state index < -0.39 is 0 Å². The average Bonchev–Trinajstić information content (AvgIpc) is 2.24. The van der Waals surface area contributed by atoms with Crippen LogP contribution < -0.4 is 5.32 Å². The van der Waals surface area contributed by atoms with Crippen molar-refractivity contribution in [2.75, 3.05) is 26.2 Å². The molecule has 1 unspecified atom stereocenters. The SMILES string of the molecule is C=CCN(CCC)C(CCC)CNCC. The Morgan fingerprint density at radius 2 is 2.00 bits per heavy atom. The van der Waals surface area contributed by atoms with Crippen LogP contribution in [0.4, 0.5) is 0 Å². The van der Waals surface area contributed by atoms with Crippen molar-refractivity contribution in [3.63, 3.8) is 0 Å². The van der Waals surface area contributed by atoms with E-state index in [0.717, 1.165) is 19.6 Å². The summed E-state index contributed by atoms with van der Waals surface area (Å²) in [5.41, 5.74) is 0. The lowest BCUT2D eigenvalue weighted by Crippen LogP contribution is -2.42. The summed E-state index contributed by atoms with van der Waals surface area (Å²) in [5, 5.41) is 3.45. The lowest BCUT2D eigenvalue weighted by atomic mass is 10.1. The first-order chi connectivity index (χ1) is 7.29. The van der Waals surface area contributed by atoms with Crippen molar-refractivity contribution in [3.05, 3.63) is 12.7 Å². The third kappa shape index (κ3) is 6.69. The molecule has 0 amide bonds. The van der Waals surface area contributed by atoms with Crippen LogP contribution in [0, 0.1) is 0 Å². The second-order valence-corrected chi connectivity index (χ2v) is 4.03. The maximum absolute atomic E-state index is 3.84. The highest BCUT2D eigenvalue weighted by atomic mass is 15.2. The molecule has 1 atom stereocenters. The van der Waals surface area contributed by atoms with Crippen molar-refractivity contribution >= 4 is 0 Å². The van der Waals surface area contributed by atoms with Crippen LogP contribution >= 0.6 is 0 Å². The second-order valence-electron chi connectivity index (χ2n) is 4.03. The van der Waals surface area contributed by atoms with Gasteiger partial charge >= 0.3 is 0 Å². The molecule has 15 heavy (non-hydrogen) atoms. The average molecular weight is 212 g/mol. The Hall–Kier alpha value is -0.340. The fraction of sp³-hybridized carbons (Fsp3) is 0.846. The molecular weight excluding hydrogens is 184 g/mol. The summed E-state index contributed by atoms with van der Waals surface area (Å²) in [6.45, 7) is 14.9. The summed E-state index contributed by atoms with van der Waals surface area (Å²) < 4.78 is 0. The minimum Gasteiger partial charge on any atom is -0.315 e. The van der Waals surface area contributed by atoms with Gasteiger partial charge in [-0.25, -0.2) is 0 Å². The molecule has 0 aliphatic carbocycles. The van der Waals surface area contributed by atoms with E-state index >= 15 is 0 Å². The molecular formula is C13H28N2. The largest absolute Gasteiger partial charge is 0.315 e. The van der Waals surface area contributed by atoms with E-state index in [1.54, 1.807) is 0 Å². The molecule has 0 fully saturated rings. The molecule has 0 saturated carbocycles. The van der Waals surface area contributed by atoms with E-state index in [0.29, 0.717) is 6.04 Å². The highest BCUT2D eigenvalue weighted by Crippen LogP contribution is 2.07. The van der Waals surface area contributed by atoms with E-state index in [1.165, 1.54) is 25.8 Å². The molecule has 0 aliphatic rings. The molecule has 2 nitrogen and oxygen atoms in total. The van der Waals surface area contributed by atoms with Crippen molar-refractivity contribution in [3.8, 4) is 0 Å². The lowest BCUT2D eigenvalue weighted by Gasteiger charge is -2.30. The van der Waals surface area contributed by atoms with Crippen LogP contribution in [-0.2, 0) is 0 Å². The molecule has 0 aliphatic heterocycles. The van der Waals surface area contributed by atoms with Crippen LogP contribution in [0.5, 0.6) is 0 Å². The summed E-state index contributed by atoms with van der Waals surface area (Å²) in [6.07, 6.45) is 5.78. The third-order valence-electron chi connectivity index (χ3n) is 2.64. The molecule has 2 heteroatoms. The van der Waals surface area contributed by atoms with Gasteiger partial charge in [0.15, 0.2) is 0 Å². The Balaban J connectivity index is 4.15. The number of rotatable bonds is 10. The van der Waals surface area contributed by atoms with Crippen LogP contribution in [-0.4, -0.2) is 37.1 Å². The molecule has 0 spiro atoms. The quantitative estimate of drug-likeness (QED) is 0.560. The predicted molar refractivity (Wildman–Crippen MR) is 69.3 cm³/mol. The molecule has 0 heterocycles. The van der Waals surface area contributed by atoms with Crippen molar-refractivity contribution in [2.45, 2.75) is 46.1 Å². The standard InChI is InChI=1S/C13H28N2/c1-5-9-13(12-14-8-4)15(10-6-2)11-7-3/h6,13-14H,2,5,7-12H2,1,3-4H3. The van der Waals surface area contributed by atoms with Crippen LogP contribution in [0.1, 0.15) is 40.0 Å². The molecule has 0 aromatic heterocycles. The zero-order valence-corrected chi connectivity index (χ0v) is 10.8. The molecule has 90 valence electrons. The molecule has 0 saturated heterocycles. The summed E-state index contributed by atoms with van der Waals surface area (Å²) in [7, 11) is 0. The van der Waals surface area contributed by atoms with Gasteiger partial charge in [0.2, 0.25) is 0 Å². The van der Waals surface area contributed by atoms with Crippen LogP contribution in [0.3, 0.4) is 0 Å². The van der Waals surface area contributed by atoms with Gasteiger partial charge in [-0.2, -0.15) is 0 Å². The maximum Gasteiger partial charge on any atom is 0.0223 e. The molecule has 0 bridgehead atoms. The van der Waals surface area contributed by atoms with Gasteiger partial charge in [0.05, 0.1) is 0 Å². The number of nitrogens with zero attached hydrogens (tertiary/aromatic N) is 1. The number of nitrogens with one attached hydrogen (secondary N) is 1. The van der Waals surface area contributed by atoms with Gasteiger partial charge in [0.1, 0.15) is 0 Å². The number of likely N-dealkylation sites (N-methyl/N-ethyl adjacent to an activating group) is 1. The maximum atomic E-state index is 3.84. The van der Waals surface area contributed by atoms with Crippen LogP contribution in [0.2, 0.25) is 0 Å². The molecule has 0 aromatic rings. The fourth-order valence-electron chi connectivity index (χ4n) is 1.93. The van der Waals surface area contributed by atoms with Gasteiger partial charge in [0.25, 0.3) is 0 Å². The first-order valence-electron chi connectivity index (χ1n) is 6.35. The highest BCUT2D eigenvalue weighted by molar-refractivity contribution is 4.80. The Morgan fingerprint density at radius 3 is 2.47 bits per heavy atom. The summed E-state index contributed by atoms with van der Waals surface area (Å²) in [4.78, 5) is 2.54. The zero-order chi connectivity index (χ0) is 11.5. The lowest BCUT2D eigenvalue weighted by molar-refractivity contribution is 0.201. The molecule has 1 N–H and O–H groups in total. The topological polar surface area (TPSA) is 15.3 Å². The Morgan fingerprint density at radius 1 is 1.27 bits per heavy atom. The Kier molecular flexibility index (Phi) is 9.96.